The third-order valence-corrected chi connectivity index (χ3v) is 4.38. The Morgan fingerprint density at radius 3 is 2.89 bits per heavy atom. The lowest BCUT2D eigenvalue weighted by atomic mass is 10.1. The number of halogens is 2. The first-order valence-electron chi connectivity index (χ1n) is 7.11. The SMILES string of the molecule is Fc1cc(Cl)ccc1CNCC1CCN(C2CC2)C1. The van der Waals surface area contributed by atoms with Crippen molar-refractivity contribution in [3.8, 4) is 0 Å². The summed E-state index contributed by atoms with van der Waals surface area (Å²) in [5.41, 5.74) is 0.696. The molecule has 1 N–H and O–H groups in total. The minimum absolute atomic E-state index is 0.217. The molecule has 3 rings (SSSR count). The molecule has 1 unspecified atom stereocenters. The van der Waals surface area contributed by atoms with Crippen molar-refractivity contribution in [2.45, 2.75) is 31.8 Å². The average molecular weight is 283 g/mol. The fraction of sp³-hybridized carbons (Fsp3) is 0.600. The molecule has 104 valence electrons. The Kier molecular flexibility index (Phi) is 4.06. The van der Waals surface area contributed by atoms with Crippen molar-refractivity contribution < 1.29 is 4.39 Å². The standard InChI is InChI=1S/C15H20ClFN2/c16-13-2-1-12(15(17)7-13)9-18-8-11-5-6-19(10-11)14-3-4-14/h1-2,7,11,14,18H,3-6,8-10H2. The van der Waals surface area contributed by atoms with Crippen LogP contribution in [0.4, 0.5) is 4.39 Å². The summed E-state index contributed by atoms with van der Waals surface area (Å²) in [7, 11) is 0. The molecule has 1 heterocycles. The maximum absolute atomic E-state index is 13.6. The van der Waals surface area contributed by atoms with Gasteiger partial charge in [-0.15, -0.1) is 0 Å². The van der Waals surface area contributed by atoms with Crippen molar-refractivity contribution in [3.63, 3.8) is 0 Å². The lowest BCUT2D eigenvalue weighted by molar-refractivity contribution is 0.311. The molecular weight excluding hydrogens is 263 g/mol. The largest absolute Gasteiger partial charge is 0.312 e. The summed E-state index contributed by atoms with van der Waals surface area (Å²) in [4.78, 5) is 2.61. The van der Waals surface area contributed by atoms with Crippen LogP contribution in [-0.4, -0.2) is 30.6 Å². The van der Waals surface area contributed by atoms with Gasteiger partial charge in [-0.25, -0.2) is 4.39 Å². The first kappa shape index (κ1) is 13.3. The van der Waals surface area contributed by atoms with Gasteiger partial charge in [-0.1, -0.05) is 17.7 Å². The van der Waals surface area contributed by atoms with E-state index in [9.17, 15) is 4.39 Å². The van der Waals surface area contributed by atoms with Crippen LogP contribution >= 0.6 is 11.6 Å². The van der Waals surface area contributed by atoms with E-state index in [0.29, 0.717) is 17.1 Å². The predicted octanol–water partition coefficient (Wildman–Crippen LogP) is 3.05. The lowest BCUT2D eigenvalue weighted by Gasteiger charge is -2.15. The van der Waals surface area contributed by atoms with Crippen molar-refractivity contribution in [2.24, 2.45) is 5.92 Å². The number of nitrogens with zero attached hydrogens (tertiary/aromatic N) is 1. The zero-order valence-corrected chi connectivity index (χ0v) is 11.8. The number of hydrogen-bond donors (Lipinski definition) is 1. The highest BCUT2D eigenvalue weighted by molar-refractivity contribution is 6.30. The molecule has 1 aliphatic heterocycles. The number of rotatable bonds is 5. The summed E-state index contributed by atoms with van der Waals surface area (Å²) in [6, 6.07) is 5.75. The maximum atomic E-state index is 13.6. The minimum atomic E-state index is -0.217. The third-order valence-electron chi connectivity index (χ3n) is 4.14. The van der Waals surface area contributed by atoms with Crippen LogP contribution < -0.4 is 5.32 Å². The summed E-state index contributed by atoms with van der Waals surface area (Å²) in [5.74, 6) is 0.502. The highest BCUT2D eigenvalue weighted by atomic mass is 35.5. The molecule has 1 saturated carbocycles. The van der Waals surface area contributed by atoms with E-state index >= 15 is 0 Å². The van der Waals surface area contributed by atoms with Gasteiger partial charge in [0, 0.05) is 29.7 Å². The number of nitrogens with one attached hydrogen (secondary N) is 1. The summed E-state index contributed by atoms with van der Waals surface area (Å²) in [5, 5.41) is 3.83. The van der Waals surface area contributed by atoms with E-state index < -0.39 is 0 Å². The molecule has 1 atom stereocenters. The van der Waals surface area contributed by atoms with Crippen LogP contribution in [0.25, 0.3) is 0 Å². The second-order valence-electron chi connectivity index (χ2n) is 5.75. The van der Waals surface area contributed by atoms with Gasteiger partial charge in [-0.05, 0) is 50.4 Å². The number of benzene rings is 1. The van der Waals surface area contributed by atoms with Gasteiger partial charge in [0.05, 0.1) is 0 Å². The van der Waals surface area contributed by atoms with Crippen LogP contribution in [0.2, 0.25) is 5.02 Å². The van der Waals surface area contributed by atoms with E-state index in [1.54, 1.807) is 12.1 Å². The molecule has 0 amide bonds. The van der Waals surface area contributed by atoms with Gasteiger partial charge in [0.25, 0.3) is 0 Å². The van der Waals surface area contributed by atoms with Crippen molar-refractivity contribution in [1.82, 2.24) is 10.2 Å². The Hall–Kier alpha value is -0.640. The maximum Gasteiger partial charge on any atom is 0.129 e. The van der Waals surface area contributed by atoms with Crippen LogP contribution in [0.5, 0.6) is 0 Å². The Labute approximate surface area is 118 Å². The summed E-state index contributed by atoms with van der Waals surface area (Å²) in [6.07, 6.45) is 4.04. The van der Waals surface area contributed by atoms with E-state index in [1.807, 2.05) is 0 Å². The topological polar surface area (TPSA) is 15.3 Å². The highest BCUT2D eigenvalue weighted by Crippen LogP contribution is 2.31. The molecule has 1 saturated heterocycles. The molecule has 2 aliphatic rings. The molecular formula is C15H20ClFN2. The van der Waals surface area contributed by atoms with E-state index in [4.69, 9.17) is 11.6 Å². The number of likely N-dealkylation sites (tertiary alicyclic amines) is 1. The molecule has 19 heavy (non-hydrogen) atoms. The van der Waals surface area contributed by atoms with Gasteiger partial charge in [-0.2, -0.15) is 0 Å². The van der Waals surface area contributed by atoms with Crippen LogP contribution in [-0.2, 0) is 6.54 Å². The Morgan fingerprint density at radius 2 is 2.16 bits per heavy atom. The predicted molar refractivity (Wildman–Crippen MR) is 75.8 cm³/mol. The Balaban J connectivity index is 1.43. The van der Waals surface area contributed by atoms with Crippen LogP contribution in [0.3, 0.4) is 0 Å². The molecule has 4 heteroatoms. The first-order valence-corrected chi connectivity index (χ1v) is 7.49. The second-order valence-corrected chi connectivity index (χ2v) is 6.18. The van der Waals surface area contributed by atoms with Gasteiger partial charge >= 0.3 is 0 Å². The van der Waals surface area contributed by atoms with Crippen molar-refractivity contribution in [3.05, 3.63) is 34.6 Å². The van der Waals surface area contributed by atoms with Crippen LogP contribution in [0.15, 0.2) is 18.2 Å². The molecule has 1 aromatic rings. The van der Waals surface area contributed by atoms with Crippen molar-refractivity contribution in [1.29, 1.82) is 0 Å². The smallest absolute Gasteiger partial charge is 0.129 e. The van der Waals surface area contributed by atoms with Gasteiger partial charge in [-0.3, -0.25) is 0 Å². The quantitative estimate of drug-likeness (QED) is 0.893. The van der Waals surface area contributed by atoms with E-state index in [-0.39, 0.29) is 5.82 Å². The second kappa shape index (κ2) is 5.78. The number of hydrogen-bond acceptors (Lipinski definition) is 2. The summed E-state index contributed by atoms with van der Waals surface area (Å²) in [6.45, 7) is 4.02. The molecule has 0 spiro atoms. The molecule has 2 nitrogen and oxygen atoms in total. The van der Waals surface area contributed by atoms with Crippen LogP contribution in [0.1, 0.15) is 24.8 Å². The van der Waals surface area contributed by atoms with E-state index in [2.05, 4.69) is 10.2 Å². The highest BCUT2D eigenvalue weighted by Gasteiger charge is 2.33. The molecule has 1 aromatic carbocycles. The van der Waals surface area contributed by atoms with Crippen molar-refractivity contribution in [2.75, 3.05) is 19.6 Å². The fourth-order valence-corrected chi connectivity index (χ4v) is 3.04. The molecule has 2 fully saturated rings. The monoisotopic (exact) mass is 282 g/mol. The summed E-state index contributed by atoms with van der Waals surface area (Å²) >= 11 is 5.74. The van der Waals surface area contributed by atoms with Crippen LogP contribution in [0, 0.1) is 11.7 Å². The van der Waals surface area contributed by atoms with Gasteiger partial charge in [0.15, 0.2) is 0 Å². The molecule has 1 aliphatic carbocycles. The van der Waals surface area contributed by atoms with Gasteiger partial charge in [0.1, 0.15) is 5.82 Å². The molecule has 0 bridgehead atoms. The zero-order valence-electron chi connectivity index (χ0n) is 11.0. The third kappa shape index (κ3) is 3.47. The lowest BCUT2D eigenvalue weighted by Crippen LogP contribution is -2.27. The molecule has 0 radical (unpaired) electrons. The van der Waals surface area contributed by atoms with Crippen molar-refractivity contribution >= 4 is 11.6 Å². The molecule has 0 aromatic heterocycles. The normalized spacial score (nSPS) is 24.0. The fourth-order valence-electron chi connectivity index (χ4n) is 2.88. The van der Waals surface area contributed by atoms with E-state index in [1.165, 1.54) is 38.4 Å². The Bertz CT molecular complexity index is 448. The van der Waals surface area contributed by atoms with E-state index in [0.717, 1.165) is 18.5 Å². The zero-order chi connectivity index (χ0) is 13.2. The van der Waals surface area contributed by atoms with Gasteiger partial charge in [0.2, 0.25) is 0 Å². The Morgan fingerprint density at radius 1 is 1.32 bits per heavy atom. The first-order chi connectivity index (χ1) is 9.22. The minimum Gasteiger partial charge on any atom is -0.312 e. The summed E-state index contributed by atoms with van der Waals surface area (Å²) < 4.78 is 13.6. The van der Waals surface area contributed by atoms with Gasteiger partial charge < -0.3 is 10.2 Å². The average Bonchev–Trinajstić information content (AvgIpc) is 3.13.